The summed E-state index contributed by atoms with van der Waals surface area (Å²) >= 11 is 3.57. The van der Waals surface area contributed by atoms with Crippen molar-refractivity contribution in [3.05, 3.63) is 108 Å². The molecule has 0 saturated carbocycles. The Morgan fingerprint density at radius 2 is 1.41 bits per heavy atom. The third-order valence-corrected chi connectivity index (χ3v) is 6.81. The molecule has 0 aliphatic rings. The zero-order chi connectivity index (χ0) is 22.6. The van der Waals surface area contributed by atoms with Crippen LogP contribution in [-0.2, 0) is 0 Å². The van der Waals surface area contributed by atoms with Crippen LogP contribution in [0.4, 0.5) is 0 Å². The molecule has 0 aliphatic carbocycles. The van der Waals surface area contributed by atoms with E-state index in [4.69, 9.17) is 14.4 Å². The van der Waals surface area contributed by atoms with Gasteiger partial charge in [-0.25, -0.2) is 9.97 Å². The molecule has 7 rings (SSSR count). The van der Waals surface area contributed by atoms with E-state index in [1.807, 2.05) is 48.5 Å². The van der Waals surface area contributed by atoms with Gasteiger partial charge >= 0.3 is 0 Å². The van der Waals surface area contributed by atoms with Crippen molar-refractivity contribution in [3.8, 4) is 22.7 Å². The van der Waals surface area contributed by atoms with E-state index in [1.54, 1.807) is 0 Å². The highest BCUT2D eigenvalue weighted by Crippen LogP contribution is 2.38. The molecule has 0 fully saturated rings. The van der Waals surface area contributed by atoms with Crippen molar-refractivity contribution in [2.75, 3.05) is 0 Å². The first-order valence-corrected chi connectivity index (χ1v) is 11.9. The van der Waals surface area contributed by atoms with Crippen LogP contribution in [0.1, 0.15) is 0 Å². The number of rotatable bonds is 2. The van der Waals surface area contributed by atoms with Crippen LogP contribution in [0.15, 0.2) is 112 Å². The summed E-state index contributed by atoms with van der Waals surface area (Å²) in [6.45, 7) is 0. The number of pyridine rings is 1. The van der Waals surface area contributed by atoms with Crippen molar-refractivity contribution < 1.29 is 4.42 Å². The van der Waals surface area contributed by atoms with Gasteiger partial charge in [-0.2, -0.15) is 0 Å². The number of oxazole rings is 1. The molecule has 0 unspecified atom stereocenters. The number of aromatic nitrogens is 2. The molecule has 4 heteroatoms. The van der Waals surface area contributed by atoms with Crippen molar-refractivity contribution in [2.45, 2.75) is 0 Å². The highest BCUT2D eigenvalue weighted by molar-refractivity contribution is 9.10. The van der Waals surface area contributed by atoms with E-state index < -0.39 is 0 Å². The number of hydrogen-bond acceptors (Lipinski definition) is 3. The lowest BCUT2D eigenvalue weighted by Gasteiger charge is -2.11. The first-order valence-electron chi connectivity index (χ1n) is 11.1. The fourth-order valence-electron chi connectivity index (χ4n) is 4.72. The van der Waals surface area contributed by atoms with E-state index in [1.165, 1.54) is 10.8 Å². The van der Waals surface area contributed by atoms with Gasteiger partial charge in [-0.15, -0.1) is 0 Å². The van der Waals surface area contributed by atoms with Crippen LogP contribution in [0.3, 0.4) is 0 Å². The van der Waals surface area contributed by atoms with E-state index in [2.05, 4.69) is 70.5 Å². The second kappa shape index (κ2) is 7.51. The summed E-state index contributed by atoms with van der Waals surface area (Å²) in [6.07, 6.45) is 0. The lowest BCUT2D eigenvalue weighted by atomic mass is 9.97. The summed E-state index contributed by atoms with van der Waals surface area (Å²) in [5.74, 6) is 0.627. The lowest BCUT2D eigenvalue weighted by molar-refractivity contribution is 0.620. The second-order valence-corrected chi connectivity index (χ2v) is 9.32. The van der Waals surface area contributed by atoms with Crippen LogP contribution in [0.5, 0.6) is 0 Å². The van der Waals surface area contributed by atoms with Crippen molar-refractivity contribution in [1.29, 1.82) is 0 Å². The van der Waals surface area contributed by atoms with E-state index in [9.17, 15) is 0 Å². The third-order valence-electron chi connectivity index (χ3n) is 6.32. The van der Waals surface area contributed by atoms with Gasteiger partial charge in [0.1, 0.15) is 5.52 Å². The third kappa shape index (κ3) is 3.03. The molecular formula is C30H17BrN2O. The standard InChI is InChI=1S/C30H17BrN2O/c31-22-13-12-19-16-21(11-10-20(19)17-22)28-24-14-15-26-29(27(24)23-8-4-5-9-25(23)32-28)33-30(34-26)18-6-2-1-3-7-18/h1-17H. The zero-order valence-corrected chi connectivity index (χ0v) is 19.6. The predicted octanol–water partition coefficient (Wildman–Crippen LogP) is 8.78. The normalized spacial score (nSPS) is 11.7. The fraction of sp³-hybridized carbons (Fsp3) is 0. The van der Waals surface area contributed by atoms with Gasteiger partial charge in [0.2, 0.25) is 5.89 Å². The smallest absolute Gasteiger partial charge is 0.227 e. The van der Waals surface area contributed by atoms with Gasteiger partial charge in [0.25, 0.3) is 0 Å². The maximum Gasteiger partial charge on any atom is 0.227 e. The molecule has 34 heavy (non-hydrogen) atoms. The molecule has 7 aromatic rings. The Kier molecular flexibility index (Phi) is 4.29. The highest BCUT2D eigenvalue weighted by atomic mass is 79.9. The monoisotopic (exact) mass is 500 g/mol. The molecule has 3 nitrogen and oxygen atoms in total. The number of para-hydroxylation sites is 1. The maximum atomic E-state index is 6.19. The molecule has 2 heterocycles. The molecule has 0 bridgehead atoms. The lowest BCUT2D eigenvalue weighted by Crippen LogP contribution is -1.91. The van der Waals surface area contributed by atoms with Crippen LogP contribution in [0, 0.1) is 0 Å². The summed E-state index contributed by atoms with van der Waals surface area (Å²) in [4.78, 5) is 10.1. The summed E-state index contributed by atoms with van der Waals surface area (Å²) in [5.41, 5.74) is 5.57. The Labute approximate surface area is 203 Å². The van der Waals surface area contributed by atoms with Crippen LogP contribution in [0.25, 0.3) is 66.3 Å². The first kappa shape index (κ1) is 19.4. The minimum Gasteiger partial charge on any atom is -0.436 e. The quantitative estimate of drug-likeness (QED) is 0.222. The molecule has 0 N–H and O–H groups in total. The highest BCUT2D eigenvalue weighted by Gasteiger charge is 2.17. The summed E-state index contributed by atoms with van der Waals surface area (Å²) < 4.78 is 7.26. The Bertz CT molecular complexity index is 1870. The molecule has 2 aromatic heterocycles. The molecule has 0 aliphatic heterocycles. The molecule has 5 aromatic carbocycles. The van der Waals surface area contributed by atoms with Crippen molar-refractivity contribution >= 4 is 59.5 Å². The molecule has 0 amide bonds. The minimum atomic E-state index is 0.627. The Balaban J connectivity index is 1.56. The summed E-state index contributed by atoms with van der Waals surface area (Å²) in [7, 11) is 0. The number of nitrogens with zero attached hydrogens (tertiary/aromatic N) is 2. The van der Waals surface area contributed by atoms with Gasteiger partial charge in [0.05, 0.1) is 11.2 Å². The van der Waals surface area contributed by atoms with E-state index >= 15 is 0 Å². The van der Waals surface area contributed by atoms with Gasteiger partial charge < -0.3 is 4.42 Å². The predicted molar refractivity (Wildman–Crippen MR) is 143 cm³/mol. The van der Waals surface area contributed by atoms with E-state index in [0.717, 1.165) is 54.1 Å². The Morgan fingerprint density at radius 3 is 2.32 bits per heavy atom. The van der Waals surface area contributed by atoms with Gasteiger partial charge in [-0.1, -0.05) is 70.5 Å². The minimum absolute atomic E-state index is 0.627. The molecular weight excluding hydrogens is 484 g/mol. The van der Waals surface area contributed by atoms with Crippen molar-refractivity contribution in [1.82, 2.24) is 9.97 Å². The van der Waals surface area contributed by atoms with E-state index in [-0.39, 0.29) is 0 Å². The molecule has 0 spiro atoms. The SMILES string of the molecule is Brc1ccc2cc(-c3nc4ccccc4c4c3ccc3oc(-c5ccccc5)nc34)ccc2c1. The van der Waals surface area contributed by atoms with Crippen molar-refractivity contribution in [3.63, 3.8) is 0 Å². The average molecular weight is 501 g/mol. The van der Waals surface area contributed by atoms with Gasteiger partial charge in [0, 0.05) is 31.8 Å². The topological polar surface area (TPSA) is 38.9 Å². The largest absolute Gasteiger partial charge is 0.436 e. The number of halogens is 1. The number of hydrogen-bond donors (Lipinski definition) is 0. The maximum absolute atomic E-state index is 6.19. The van der Waals surface area contributed by atoms with E-state index in [0.29, 0.717) is 5.89 Å². The molecule has 0 saturated heterocycles. The van der Waals surface area contributed by atoms with Gasteiger partial charge in [-0.05, 0) is 59.3 Å². The second-order valence-electron chi connectivity index (χ2n) is 8.40. The first-order chi connectivity index (χ1) is 16.7. The summed E-state index contributed by atoms with van der Waals surface area (Å²) in [6, 6.07) is 35.3. The van der Waals surface area contributed by atoms with Crippen LogP contribution in [-0.4, -0.2) is 9.97 Å². The van der Waals surface area contributed by atoms with Crippen LogP contribution in [0.2, 0.25) is 0 Å². The zero-order valence-electron chi connectivity index (χ0n) is 18.0. The van der Waals surface area contributed by atoms with Gasteiger partial charge in [-0.3, -0.25) is 0 Å². The fourth-order valence-corrected chi connectivity index (χ4v) is 5.09. The Morgan fingerprint density at radius 1 is 0.618 bits per heavy atom. The number of fused-ring (bicyclic) bond motifs is 6. The Hall–Kier alpha value is -4.02. The molecule has 0 atom stereocenters. The summed E-state index contributed by atoms with van der Waals surface area (Å²) in [5, 5.41) is 5.58. The molecule has 0 radical (unpaired) electrons. The van der Waals surface area contributed by atoms with Gasteiger partial charge in [0.15, 0.2) is 5.58 Å². The van der Waals surface area contributed by atoms with Crippen LogP contribution >= 0.6 is 15.9 Å². The average Bonchev–Trinajstić information content (AvgIpc) is 3.33. The van der Waals surface area contributed by atoms with Crippen molar-refractivity contribution in [2.24, 2.45) is 0 Å². The molecule has 160 valence electrons. The van der Waals surface area contributed by atoms with Crippen LogP contribution < -0.4 is 0 Å². The number of benzene rings is 5.